The summed E-state index contributed by atoms with van der Waals surface area (Å²) in [6.07, 6.45) is 1.48. The third-order valence-electron chi connectivity index (χ3n) is 3.53. The topological polar surface area (TPSA) is 71.3 Å². The number of benzene rings is 2. The zero-order valence-electron chi connectivity index (χ0n) is 14.1. The highest BCUT2D eigenvalue weighted by molar-refractivity contribution is 6.31. The van der Waals surface area contributed by atoms with E-state index in [2.05, 4.69) is 5.32 Å². The molecule has 0 aliphatic rings. The molecule has 25 heavy (non-hydrogen) atoms. The van der Waals surface area contributed by atoms with E-state index in [1.54, 1.807) is 36.4 Å². The van der Waals surface area contributed by atoms with Gasteiger partial charge in [0, 0.05) is 10.7 Å². The first kappa shape index (κ1) is 18.4. The quantitative estimate of drug-likeness (QED) is 0.643. The van der Waals surface area contributed by atoms with Crippen molar-refractivity contribution in [2.75, 3.05) is 19.5 Å². The number of anilines is 1. The van der Waals surface area contributed by atoms with Crippen LogP contribution in [0.1, 0.15) is 11.1 Å². The van der Waals surface area contributed by atoms with Crippen LogP contribution in [0.3, 0.4) is 0 Å². The highest BCUT2D eigenvalue weighted by Gasteiger charge is 2.12. The lowest BCUT2D eigenvalue weighted by atomic mass is 10.1. The molecule has 0 fully saturated rings. The molecule has 0 aromatic heterocycles. The molecule has 0 aliphatic heterocycles. The van der Waals surface area contributed by atoms with Crippen LogP contribution in [0.25, 0.3) is 6.08 Å². The van der Waals surface area contributed by atoms with Gasteiger partial charge >= 0.3 is 0 Å². The van der Waals surface area contributed by atoms with E-state index in [0.29, 0.717) is 27.8 Å². The monoisotopic (exact) mass is 356 g/mol. The van der Waals surface area contributed by atoms with E-state index < -0.39 is 5.91 Å². The minimum Gasteiger partial charge on any atom is -0.493 e. The molecule has 0 saturated carbocycles. The van der Waals surface area contributed by atoms with Crippen LogP contribution in [-0.4, -0.2) is 20.1 Å². The van der Waals surface area contributed by atoms with Crippen LogP contribution in [0.5, 0.6) is 11.5 Å². The SMILES string of the molecule is COc1ccc(/C=C(\C#N)C(=O)Nc2cc(Cl)ccc2C)cc1OC. The van der Waals surface area contributed by atoms with Crippen molar-refractivity contribution in [3.63, 3.8) is 0 Å². The molecular formula is C19H17ClN2O3. The number of nitriles is 1. The van der Waals surface area contributed by atoms with Crippen LogP contribution in [0, 0.1) is 18.3 Å². The maximum Gasteiger partial charge on any atom is 0.266 e. The summed E-state index contributed by atoms with van der Waals surface area (Å²) in [4.78, 5) is 12.4. The minimum atomic E-state index is -0.511. The zero-order valence-corrected chi connectivity index (χ0v) is 14.8. The Morgan fingerprint density at radius 3 is 2.52 bits per heavy atom. The first-order valence-electron chi connectivity index (χ1n) is 7.39. The Balaban J connectivity index is 2.29. The molecule has 1 N–H and O–H groups in total. The maximum atomic E-state index is 12.4. The van der Waals surface area contributed by atoms with Crippen molar-refractivity contribution >= 4 is 29.3 Å². The van der Waals surface area contributed by atoms with Crippen LogP contribution < -0.4 is 14.8 Å². The second kappa shape index (κ2) is 8.22. The third kappa shape index (κ3) is 4.52. The molecular weight excluding hydrogens is 340 g/mol. The van der Waals surface area contributed by atoms with Crippen LogP contribution >= 0.6 is 11.6 Å². The lowest BCUT2D eigenvalue weighted by molar-refractivity contribution is -0.112. The van der Waals surface area contributed by atoms with Gasteiger partial charge in [0.1, 0.15) is 11.6 Å². The average molecular weight is 357 g/mol. The molecule has 2 aromatic rings. The van der Waals surface area contributed by atoms with E-state index in [-0.39, 0.29) is 5.57 Å². The smallest absolute Gasteiger partial charge is 0.266 e. The van der Waals surface area contributed by atoms with Gasteiger partial charge in [-0.15, -0.1) is 0 Å². The van der Waals surface area contributed by atoms with Gasteiger partial charge in [0.05, 0.1) is 14.2 Å². The van der Waals surface area contributed by atoms with E-state index in [1.807, 2.05) is 13.0 Å². The summed E-state index contributed by atoms with van der Waals surface area (Å²) >= 11 is 5.95. The Kier molecular flexibility index (Phi) is 6.04. The van der Waals surface area contributed by atoms with E-state index in [0.717, 1.165) is 5.56 Å². The Morgan fingerprint density at radius 2 is 1.88 bits per heavy atom. The molecule has 0 aliphatic carbocycles. The summed E-state index contributed by atoms with van der Waals surface area (Å²) in [7, 11) is 3.06. The number of aryl methyl sites for hydroxylation is 1. The predicted molar refractivity (Wildman–Crippen MR) is 98.0 cm³/mol. The van der Waals surface area contributed by atoms with Gasteiger partial charge in [0.2, 0.25) is 0 Å². The van der Waals surface area contributed by atoms with Gasteiger partial charge in [-0.25, -0.2) is 0 Å². The second-order valence-electron chi connectivity index (χ2n) is 5.20. The lowest BCUT2D eigenvalue weighted by Crippen LogP contribution is -2.14. The molecule has 128 valence electrons. The largest absolute Gasteiger partial charge is 0.493 e. The molecule has 1 amide bonds. The van der Waals surface area contributed by atoms with E-state index >= 15 is 0 Å². The highest BCUT2D eigenvalue weighted by atomic mass is 35.5. The first-order valence-corrected chi connectivity index (χ1v) is 7.77. The number of halogens is 1. The third-order valence-corrected chi connectivity index (χ3v) is 3.77. The second-order valence-corrected chi connectivity index (χ2v) is 5.63. The molecule has 5 nitrogen and oxygen atoms in total. The highest BCUT2D eigenvalue weighted by Crippen LogP contribution is 2.28. The molecule has 0 radical (unpaired) electrons. The van der Waals surface area contributed by atoms with Gasteiger partial charge < -0.3 is 14.8 Å². The van der Waals surface area contributed by atoms with Crippen LogP contribution in [0.2, 0.25) is 5.02 Å². The van der Waals surface area contributed by atoms with Crippen molar-refractivity contribution in [1.82, 2.24) is 0 Å². The summed E-state index contributed by atoms with van der Waals surface area (Å²) in [5, 5.41) is 12.5. The van der Waals surface area contributed by atoms with Gasteiger partial charge in [0.25, 0.3) is 5.91 Å². The number of nitrogens with one attached hydrogen (secondary N) is 1. The Hall–Kier alpha value is -2.97. The van der Waals surface area contributed by atoms with Gasteiger partial charge in [-0.2, -0.15) is 5.26 Å². The fourth-order valence-corrected chi connectivity index (χ4v) is 2.35. The molecule has 6 heteroatoms. The number of hydrogen-bond donors (Lipinski definition) is 1. The lowest BCUT2D eigenvalue weighted by Gasteiger charge is -2.09. The van der Waals surface area contributed by atoms with Gasteiger partial charge in [0.15, 0.2) is 11.5 Å². The Morgan fingerprint density at radius 1 is 1.16 bits per heavy atom. The Bertz CT molecular complexity index is 869. The Labute approximate surface area is 151 Å². The van der Waals surface area contributed by atoms with Gasteiger partial charge in [-0.3, -0.25) is 4.79 Å². The van der Waals surface area contributed by atoms with Crippen molar-refractivity contribution in [3.05, 3.63) is 58.1 Å². The summed E-state index contributed by atoms with van der Waals surface area (Å²) in [5.74, 6) is 0.569. The van der Waals surface area contributed by atoms with Crippen molar-refractivity contribution in [1.29, 1.82) is 5.26 Å². The van der Waals surface area contributed by atoms with Crippen LogP contribution in [0.15, 0.2) is 42.0 Å². The normalized spacial score (nSPS) is 10.8. The van der Waals surface area contributed by atoms with Gasteiger partial charge in [-0.1, -0.05) is 23.7 Å². The molecule has 0 spiro atoms. The molecule has 0 bridgehead atoms. The summed E-state index contributed by atoms with van der Waals surface area (Å²) in [6, 6.07) is 12.2. The maximum absolute atomic E-state index is 12.4. The molecule has 0 heterocycles. The number of nitrogens with zero attached hydrogens (tertiary/aromatic N) is 1. The van der Waals surface area contributed by atoms with Crippen LogP contribution in [0.4, 0.5) is 5.69 Å². The van der Waals surface area contributed by atoms with E-state index in [9.17, 15) is 10.1 Å². The predicted octanol–water partition coefficient (Wildman–Crippen LogP) is 4.21. The van der Waals surface area contributed by atoms with E-state index in [4.69, 9.17) is 21.1 Å². The molecule has 2 rings (SSSR count). The summed E-state index contributed by atoms with van der Waals surface area (Å²) in [6.45, 7) is 1.84. The molecule has 2 aromatic carbocycles. The van der Waals surface area contributed by atoms with Gasteiger partial charge in [-0.05, 0) is 48.4 Å². The number of carbonyl (C=O) groups excluding carboxylic acids is 1. The summed E-state index contributed by atoms with van der Waals surface area (Å²) in [5.41, 5.74) is 2.02. The van der Waals surface area contributed by atoms with Crippen molar-refractivity contribution < 1.29 is 14.3 Å². The fourth-order valence-electron chi connectivity index (χ4n) is 2.18. The number of amides is 1. The number of carbonyl (C=O) groups is 1. The van der Waals surface area contributed by atoms with E-state index in [1.165, 1.54) is 20.3 Å². The standard InChI is InChI=1S/C19H17ClN2O3/c1-12-4-6-15(20)10-16(12)22-19(23)14(11-21)8-13-5-7-17(24-2)18(9-13)25-3/h4-10H,1-3H3,(H,22,23)/b14-8+. The molecule has 0 saturated heterocycles. The zero-order chi connectivity index (χ0) is 18.4. The molecule has 0 atom stereocenters. The van der Waals surface area contributed by atoms with Crippen molar-refractivity contribution in [2.24, 2.45) is 0 Å². The van der Waals surface area contributed by atoms with Crippen LogP contribution in [-0.2, 0) is 4.79 Å². The number of hydrogen-bond acceptors (Lipinski definition) is 4. The summed E-state index contributed by atoms with van der Waals surface area (Å²) < 4.78 is 10.4. The average Bonchev–Trinajstić information content (AvgIpc) is 2.62. The van der Waals surface area contributed by atoms with Crippen molar-refractivity contribution in [3.8, 4) is 17.6 Å². The number of methoxy groups -OCH3 is 2. The minimum absolute atomic E-state index is 0.0356. The first-order chi connectivity index (χ1) is 12.0. The number of rotatable bonds is 5. The number of ether oxygens (including phenoxy) is 2. The van der Waals surface area contributed by atoms with Crippen molar-refractivity contribution in [2.45, 2.75) is 6.92 Å². The molecule has 0 unspecified atom stereocenters. The fraction of sp³-hybridized carbons (Fsp3) is 0.158.